The van der Waals surface area contributed by atoms with Crippen LogP contribution in [-0.4, -0.2) is 12.5 Å². The number of hydrogen-bond donors (Lipinski definition) is 2. The van der Waals surface area contributed by atoms with Crippen LogP contribution in [0.2, 0.25) is 0 Å². The van der Waals surface area contributed by atoms with Crippen LogP contribution in [-0.2, 0) is 4.79 Å². The van der Waals surface area contributed by atoms with Crippen molar-refractivity contribution in [3.63, 3.8) is 0 Å². The number of anilines is 1. The summed E-state index contributed by atoms with van der Waals surface area (Å²) in [4.78, 5) is 12.6. The molecule has 0 aliphatic heterocycles. The molecular formula is C24H26FN2O+. The van der Waals surface area contributed by atoms with Crippen molar-refractivity contribution in [1.82, 2.24) is 0 Å². The van der Waals surface area contributed by atoms with Crippen molar-refractivity contribution in [2.24, 2.45) is 5.92 Å². The molecule has 0 aromatic heterocycles. The number of nitrogens with two attached hydrogens (primary N) is 1. The van der Waals surface area contributed by atoms with E-state index in [0.29, 0.717) is 12.5 Å². The molecule has 3 N–H and O–H groups in total. The predicted molar refractivity (Wildman–Crippen MR) is 111 cm³/mol. The fourth-order valence-electron chi connectivity index (χ4n) is 3.37. The number of quaternary nitrogens is 1. The molecule has 0 heterocycles. The highest BCUT2D eigenvalue weighted by molar-refractivity contribution is 5.95. The lowest BCUT2D eigenvalue weighted by atomic mass is 9.96. The fourth-order valence-corrected chi connectivity index (χ4v) is 3.37. The molecule has 3 nitrogen and oxygen atoms in total. The Labute approximate surface area is 165 Å². The van der Waals surface area contributed by atoms with E-state index < -0.39 is 0 Å². The average molecular weight is 377 g/mol. The first-order chi connectivity index (χ1) is 13.5. The quantitative estimate of drug-likeness (QED) is 0.630. The summed E-state index contributed by atoms with van der Waals surface area (Å²) in [6.45, 7) is 4.50. The number of carbonyl (C=O) groups excluding carboxylic acids is 1. The molecule has 3 aromatic carbocycles. The normalized spacial score (nSPS) is 12.0. The van der Waals surface area contributed by atoms with Gasteiger partial charge in [-0.05, 0) is 23.8 Å². The van der Waals surface area contributed by atoms with Crippen LogP contribution in [0.4, 0.5) is 10.1 Å². The zero-order chi connectivity index (χ0) is 19.9. The molecule has 0 unspecified atom stereocenters. The van der Waals surface area contributed by atoms with E-state index in [1.807, 2.05) is 59.9 Å². The van der Waals surface area contributed by atoms with Gasteiger partial charge in [0.05, 0.1) is 0 Å². The molecular weight excluding hydrogens is 351 g/mol. The van der Waals surface area contributed by atoms with Gasteiger partial charge < -0.3 is 10.6 Å². The third kappa shape index (κ3) is 5.05. The van der Waals surface area contributed by atoms with Crippen LogP contribution in [0, 0.1) is 11.7 Å². The van der Waals surface area contributed by atoms with Crippen molar-refractivity contribution in [1.29, 1.82) is 0 Å². The fraction of sp³-hybridized carbons (Fsp3) is 0.208. The molecule has 0 aliphatic carbocycles. The average Bonchev–Trinajstić information content (AvgIpc) is 2.70. The number of carbonyl (C=O) groups is 1. The highest BCUT2D eigenvalue weighted by Crippen LogP contribution is 2.27. The molecule has 28 heavy (non-hydrogen) atoms. The van der Waals surface area contributed by atoms with Gasteiger partial charge in [0, 0.05) is 22.7 Å². The molecule has 0 saturated carbocycles. The predicted octanol–water partition coefficient (Wildman–Crippen LogP) is 4.39. The maximum atomic E-state index is 13.2. The number of amides is 1. The molecule has 0 saturated heterocycles. The number of hydrogen-bond acceptors (Lipinski definition) is 1. The zero-order valence-corrected chi connectivity index (χ0v) is 16.2. The SMILES string of the molecule is CC(C)[C@@H]([NH2+]CC(=O)Nc1ccccc1-c1ccccc1)c1ccc(F)cc1. The van der Waals surface area contributed by atoms with Crippen molar-refractivity contribution >= 4 is 11.6 Å². The Balaban J connectivity index is 1.68. The van der Waals surface area contributed by atoms with Gasteiger partial charge in [0.25, 0.3) is 5.91 Å². The summed E-state index contributed by atoms with van der Waals surface area (Å²) in [5, 5.41) is 5.05. The molecule has 4 heteroatoms. The molecule has 0 radical (unpaired) electrons. The van der Waals surface area contributed by atoms with E-state index in [9.17, 15) is 9.18 Å². The van der Waals surface area contributed by atoms with Gasteiger partial charge in [-0.2, -0.15) is 0 Å². The van der Waals surface area contributed by atoms with Crippen molar-refractivity contribution in [2.45, 2.75) is 19.9 Å². The van der Waals surface area contributed by atoms with Gasteiger partial charge in [-0.25, -0.2) is 4.39 Å². The smallest absolute Gasteiger partial charge is 0.279 e. The van der Waals surface area contributed by atoms with Gasteiger partial charge in [-0.1, -0.05) is 74.5 Å². The maximum absolute atomic E-state index is 13.2. The first-order valence-electron chi connectivity index (χ1n) is 9.57. The summed E-state index contributed by atoms with van der Waals surface area (Å²) in [6.07, 6.45) is 0. The maximum Gasteiger partial charge on any atom is 0.279 e. The van der Waals surface area contributed by atoms with Gasteiger partial charge in [-0.15, -0.1) is 0 Å². The third-order valence-corrected chi connectivity index (χ3v) is 4.82. The number of nitrogens with one attached hydrogen (secondary N) is 1. The first-order valence-corrected chi connectivity index (χ1v) is 9.57. The minimum absolute atomic E-state index is 0.0591. The second-order valence-electron chi connectivity index (χ2n) is 7.22. The molecule has 1 amide bonds. The minimum Gasteiger partial charge on any atom is -0.332 e. The zero-order valence-electron chi connectivity index (χ0n) is 16.2. The molecule has 3 aromatic rings. The lowest BCUT2D eigenvalue weighted by molar-refractivity contribution is -0.692. The molecule has 0 bridgehead atoms. The summed E-state index contributed by atoms with van der Waals surface area (Å²) in [7, 11) is 0. The van der Waals surface area contributed by atoms with E-state index in [4.69, 9.17) is 0 Å². The number of benzene rings is 3. The highest BCUT2D eigenvalue weighted by atomic mass is 19.1. The molecule has 0 aliphatic rings. The lowest BCUT2D eigenvalue weighted by Crippen LogP contribution is -2.88. The van der Waals surface area contributed by atoms with Crippen molar-refractivity contribution < 1.29 is 14.5 Å². The van der Waals surface area contributed by atoms with Gasteiger partial charge in [0.1, 0.15) is 11.9 Å². The Morgan fingerprint density at radius 1 is 0.929 bits per heavy atom. The van der Waals surface area contributed by atoms with Gasteiger partial charge in [0.15, 0.2) is 6.54 Å². The number of rotatable bonds is 7. The van der Waals surface area contributed by atoms with Gasteiger partial charge in [-0.3, -0.25) is 4.79 Å². The van der Waals surface area contributed by atoms with Crippen LogP contribution in [0.1, 0.15) is 25.5 Å². The number of para-hydroxylation sites is 1. The van der Waals surface area contributed by atoms with E-state index >= 15 is 0 Å². The van der Waals surface area contributed by atoms with Crippen molar-refractivity contribution in [3.8, 4) is 11.1 Å². The summed E-state index contributed by atoms with van der Waals surface area (Å²) in [6, 6.07) is 24.4. The van der Waals surface area contributed by atoms with Crippen molar-refractivity contribution in [3.05, 3.63) is 90.2 Å². The Bertz CT molecular complexity index is 907. The molecule has 144 valence electrons. The van der Waals surface area contributed by atoms with Gasteiger partial charge >= 0.3 is 0 Å². The second kappa shape index (κ2) is 9.29. The van der Waals surface area contributed by atoms with Crippen molar-refractivity contribution in [2.75, 3.05) is 11.9 Å². The first kappa shape index (κ1) is 19.8. The summed E-state index contributed by atoms with van der Waals surface area (Å²) in [5.74, 6) is 0.00697. The van der Waals surface area contributed by atoms with E-state index in [2.05, 4.69) is 19.2 Å². The Kier molecular flexibility index (Phi) is 6.56. The van der Waals surface area contributed by atoms with Crippen LogP contribution >= 0.6 is 0 Å². The van der Waals surface area contributed by atoms with E-state index in [0.717, 1.165) is 22.4 Å². The third-order valence-electron chi connectivity index (χ3n) is 4.82. The largest absolute Gasteiger partial charge is 0.332 e. The Morgan fingerprint density at radius 3 is 2.25 bits per heavy atom. The summed E-state index contributed by atoms with van der Waals surface area (Å²) >= 11 is 0. The highest BCUT2D eigenvalue weighted by Gasteiger charge is 2.21. The second-order valence-corrected chi connectivity index (χ2v) is 7.22. The standard InChI is InChI=1S/C24H25FN2O/c1-17(2)24(19-12-14-20(25)15-13-19)26-16-23(28)27-22-11-7-6-10-21(22)18-8-4-3-5-9-18/h3-15,17,24,26H,16H2,1-2H3,(H,27,28)/p+1/t24-/m1/s1. The molecule has 1 atom stereocenters. The topological polar surface area (TPSA) is 45.7 Å². The summed E-state index contributed by atoms with van der Waals surface area (Å²) < 4.78 is 13.2. The molecule has 0 fully saturated rings. The van der Waals surface area contributed by atoms with Crippen LogP contribution in [0.15, 0.2) is 78.9 Å². The lowest BCUT2D eigenvalue weighted by Gasteiger charge is -2.19. The molecule has 3 rings (SSSR count). The van der Waals surface area contributed by atoms with E-state index in [1.54, 1.807) is 12.1 Å². The molecule has 0 spiro atoms. The van der Waals surface area contributed by atoms with Crippen LogP contribution in [0.25, 0.3) is 11.1 Å². The van der Waals surface area contributed by atoms with Crippen LogP contribution in [0.3, 0.4) is 0 Å². The van der Waals surface area contributed by atoms with Gasteiger partial charge in [0.2, 0.25) is 0 Å². The van der Waals surface area contributed by atoms with Crippen LogP contribution < -0.4 is 10.6 Å². The minimum atomic E-state index is -0.249. The van der Waals surface area contributed by atoms with E-state index in [-0.39, 0.29) is 17.8 Å². The number of halogens is 1. The van der Waals surface area contributed by atoms with E-state index in [1.165, 1.54) is 12.1 Å². The summed E-state index contributed by atoms with van der Waals surface area (Å²) in [5.41, 5.74) is 3.88. The Hall–Kier alpha value is -2.98. The monoisotopic (exact) mass is 377 g/mol. The Morgan fingerprint density at radius 2 is 1.57 bits per heavy atom. The van der Waals surface area contributed by atoms with Crippen LogP contribution in [0.5, 0.6) is 0 Å².